The molecule has 0 aromatic rings. The molecule has 0 aromatic heterocycles. The fourth-order valence-electron chi connectivity index (χ4n) is 1.26. The van der Waals surface area contributed by atoms with E-state index in [9.17, 15) is 8.42 Å². The number of ether oxygens (including phenoxy) is 1. The SMILES string of the molecule is COCCCS(=O)(=O)NCC1(CCl)CC1. The number of methoxy groups -OCH3 is 1. The summed E-state index contributed by atoms with van der Waals surface area (Å²) in [5.41, 5.74) is 0.0376. The monoisotopic (exact) mass is 255 g/mol. The predicted octanol–water partition coefficient (Wildman–Crippen LogP) is 0.961. The molecule has 90 valence electrons. The summed E-state index contributed by atoms with van der Waals surface area (Å²) in [4.78, 5) is 0. The number of halogens is 1. The minimum Gasteiger partial charge on any atom is -0.385 e. The average Bonchev–Trinajstić information content (AvgIpc) is 2.96. The Labute approximate surface area is 96.4 Å². The molecule has 1 saturated carbocycles. The van der Waals surface area contributed by atoms with Crippen molar-refractivity contribution in [1.29, 1.82) is 0 Å². The minimum atomic E-state index is -3.15. The summed E-state index contributed by atoms with van der Waals surface area (Å²) >= 11 is 5.76. The molecule has 0 unspecified atom stereocenters. The Kier molecular flexibility index (Phi) is 4.83. The van der Waals surface area contributed by atoms with E-state index >= 15 is 0 Å². The fraction of sp³-hybridized carbons (Fsp3) is 1.00. The van der Waals surface area contributed by atoms with Crippen LogP contribution >= 0.6 is 11.6 Å². The molecule has 6 heteroatoms. The summed E-state index contributed by atoms with van der Waals surface area (Å²) in [6.45, 7) is 0.952. The van der Waals surface area contributed by atoms with E-state index in [1.54, 1.807) is 7.11 Å². The lowest BCUT2D eigenvalue weighted by molar-refractivity contribution is 0.199. The third kappa shape index (κ3) is 4.68. The third-order valence-corrected chi connectivity index (χ3v) is 4.65. The molecule has 0 heterocycles. The molecule has 1 fully saturated rings. The van der Waals surface area contributed by atoms with Crippen LogP contribution in [-0.2, 0) is 14.8 Å². The van der Waals surface area contributed by atoms with Gasteiger partial charge in [0.2, 0.25) is 10.0 Å². The Bertz CT molecular complexity index is 288. The van der Waals surface area contributed by atoms with Crippen LogP contribution in [0.15, 0.2) is 0 Å². The molecule has 0 bridgehead atoms. The molecule has 0 aromatic carbocycles. The van der Waals surface area contributed by atoms with Crippen LogP contribution in [0.2, 0.25) is 0 Å². The summed E-state index contributed by atoms with van der Waals surface area (Å²) in [5.74, 6) is 0.660. The maximum Gasteiger partial charge on any atom is 0.211 e. The van der Waals surface area contributed by atoms with Crippen LogP contribution in [0.5, 0.6) is 0 Å². The minimum absolute atomic E-state index is 0.0376. The second kappa shape index (κ2) is 5.48. The second-order valence-corrected chi connectivity index (χ2v) is 6.31. The van der Waals surface area contributed by atoms with Crippen LogP contribution in [0.4, 0.5) is 0 Å². The fourth-order valence-corrected chi connectivity index (χ4v) is 2.79. The van der Waals surface area contributed by atoms with Crippen LogP contribution in [0.3, 0.4) is 0 Å². The lowest BCUT2D eigenvalue weighted by atomic mass is 10.1. The zero-order valence-corrected chi connectivity index (χ0v) is 10.5. The van der Waals surface area contributed by atoms with Gasteiger partial charge in [-0.15, -0.1) is 11.6 Å². The Balaban J connectivity index is 2.24. The molecule has 0 aliphatic heterocycles. The van der Waals surface area contributed by atoms with Gasteiger partial charge in [0, 0.05) is 26.1 Å². The Hall–Kier alpha value is 0.160. The molecule has 1 rings (SSSR count). The smallest absolute Gasteiger partial charge is 0.211 e. The molecule has 15 heavy (non-hydrogen) atoms. The van der Waals surface area contributed by atoms with Crippen molar-refractivity contribution in [3.8, 4) is 0 Å². The van der Waals surface area contributed by atoms with Crippen molar-refractivity contribution >= 4 is 21.6 Å². The maximum absolute atomic E-state index is 11.5. The van der Waals surface area contributed by atoms with Crippen LogP contribution in [0.25, 0.3) is 0 Å². The van der Waals surface area contributed by atoms with E-state index in [0.717, 1.165) is 12.8 Å². The number of hydrogen-bond acceptors (Lipinski definition) is 3. The number of alkyl halides is 1. The van der Waals surface area contributed by atoms with Gasteiger partial charge in [0.15, 0.2) is 0 Å². The molecule has 0 radical (unpaired) electrons. The van der Waals surface area contributed by atoms with Gasteiger partial charge in [0.25, 0.3) is 0 Å². The molecule has 1 aliphatic carbocycles. The highest BCUT2D eigenvalue weighted by atomic mass is 35.5. The van der Waals surface area contributed by atoms with E-state index in [2.05, 4.69) is 4.72 Å². The number of hydrogen-bond donors (Lipinski definition) is 1. The van der Waals surface area contributed by atoms with Gasteiger partial charge in [-0.3, -0.25) is 0 Å². The van der Waals surface area contributed by atoms with Crippen molar-refractivity contribution in [3.05, 3.63) is 0 Å². The highest BCUT2D eigenvalue weighted by Crippen LogP contribution is 2.45. The van der Waals surface area contributed by atoms with Crippen molar-refractivity contribution in [3.63, 3.8) is 0 Å². The second-order valence-electron chi connectivity index (χ2n) is 4.12. The largest absolute Gasteiger partial charge is 0.385 e. The molecule has 1 aliphatic rings. The molecule has 0 atom stereocenters. The molecule has 1 N–H and O–H groups in total. The van der Waals surface area contributed by atoms with Crippen molar-refractivity contribution in [2.45, 2.75) is 19.3 Å². The summed E-state index contributed by atoms with van der Waals surface area (Å²) in [5, 5.41) is 0. The summed E-state index contributed by atoms with van der Waals surface area (Å²) in [6, 6.07) is 0. The van der Waals surface area contributed by atoms with Gasteiger partial charge in [-0.2, -0.15) is 0 Å². The van der Waals surface area contributed by atoms with Gasteiger partial charge < -0.3 is 4.74 Å². The van der Waals surface area contributed by atoms with Crippen LogP contribution < -0.4 is 4.72 Å². The van der Waals surface area contributed by atoms with Gasteiger partial charge in [-0.1, -0.05) is 0 Å². The first-order valence-electron chi connectivity index (χ1n) is 5.06. The van der Waals surface area contributed by atoms with Gasteiger partial charge in [0.1, 0.15) is 0 Å². The number of rotatable bonds is 8. The quantitative estimate of drug-likeness (QED) is 0.519. The molecular formula is C9H18ClNO3S. The summed E-state index contributed by atoms with van der Waals surface area (Å²) < 4.78 is 30.4. The first kappa shape index (κ1) is 13.2. The molecular weight excluding hydrogens is 238 g/mol. The van der Waals surface area contributed by atoms with Crippen molar-refractivity contribution in [2.75, 3.05) is 31.9 Å². The lowest BCUT2D eigenvalue weighted by Gasteiger charge is -2.12. The number of nitrogens with one attached hydrogen (secondary N) is 1. The zero-order chi connectivity index (χ0) is 11.4. The first-order chi connectivity index (χ1) is 7.04. The topological polar surface area (TPSA) is 55.4 Å². The van der Waals surface area contributed by atoms with E-state index in [1.165, 1.54) is 0 Å². The van der Waals surface area contributed by atoms with Crippen LogP contribution in [-0.4, -0.2) is 40.3 Å². The Morgan fingerprint density at radius 3 is 2.60 bits per heavy atom. The van der Waals surface area contributed by atoms with Crippen molar-refractivity contribution < 1.29 is 13.2 Å². The molecule has 4 nitrogen and oxygen atoms in total. The summed E-state index contributed by atoms with van der Waals surface area (Å²) in [6.07, 6.45) is 2.58. The predicted molar refractivity (Wildman–Crippen MR) is 60.7 cm³/mol. The van der Waals surface area contributed by atoms with Gasteiger partial charge in [-0.05, 0) is 24.7 Å². The van der Waals surface area contributed by atoms with E-state index in [4.69, 9.17) is 16.3 Å². The Morgan fingerprint density at radius 2 is 2.13 bits per heavy atom. The van der Waals surface area contributed by atoms with Gasteiger partial charge in [-0.25, -0.2) is 13.1 Å². The number of sulfonamides is 1. The average molecular weight is 256 g/mol. The first-order valence-corrected chi connectivity index (χ1v) is 7.24. The molecule has 0 saturated heterocycles. The van der Waals surface area contributed by atoms with Crippen LogP contribution in [0, 0.1) is 5.41 Å². The molecule has 0 spiro atoms. The van der Waals surface area contributed by atoms with Gasteiger partial charge >= 0.3 is 0 Å². The highest BCUT2D eigenvalue weighted by molar-refractivity contribution is 7.89. The summed E-state index contributed by atoms with van der Waals surface area (Å²) in [7, 11) is -1.58. The van der Waals surface area contributed by atoms with Gasteiger partial charge in [0.05, 0.1) is 5.75 Å². The van der Waals surface area contributed by atoms with Crippen molar-refractivity contribution in [1.82, 2.24) is 4.72 Å². The lowest BCUT2D eigenvalue weighted by Crippen LogP contribution is -2.33. The standard InChI is InChI=1S/C9H18ClNO3S/c1-14-5-2-6-15(12,13)11-8-9(7-10)3-4-9/h11H,2-8H2,1H3. The maximum atomic E-state index is 11.5. The normalized spacial score (nSPS) is 19.1. The van der Waals surface area contributed by atoms with E-state index in [1.807, 2.05) is 0 Å². The highest BCUT2D eigenvalue weighted by Gasteiger charge is 2.42. The van der Waals surface area contributed by atoms with E-state index in [0.29, 0.717) is 25.5 Å². The molecule has 0 amide bonds. The van der Waals surface area contributed by atoms with Crippen molar-refractivity contribution in [2.24, 2.45) is 5.41 Å². The zero-order valence-electron chi connectivity index (χ0n) is 8.96. The third-order valence-electron chi connectivity index (χ3n) is 2.67. The van der Waals surface area contributed by atoms with Crippen LogP contribution in [0.1, 0.15) is 19.3 Å². The Morgan fingerprint density at radius 1 is 1.47 bits per heavy atom. The van der Waals surface area contributed by atoms with E-state index in [-0.39, 0.29) is 11.2 Å². The van der Waals surface area contributed by atoms with E-state index < -0.39 is 10.0 Å².